The maximum absolute atomic E-state index is 11.5. The van der Waals surface area contributed by atoms with Crippen LogP contribution in [0.2, 0.25) is 0 Å². The molecular weight excluding hydrogens is 180 g/mol. The molecule has 4 nitrogen and oxygen atoms in total. The quantitative estimate of drug-likeness (QED) is 0.623. The predicted octanol–water partition coefficient (Wildman–Crippen LogP) is 1.13. The summed E-state index contributed by atoms with van der Waals surface area (Å²) in [6.45, 7) is 0. The van der Waals surface area contributed by atoms with Gasteiger partial charge in [-0.15, -0.1) is 0 Å². The number of pyridine rings is 1. The van der Waals surface area contributed by atoms with E-state index < -0.39 is 0 Å². The van der Waals surface area contributed by atoms with Gasteiger partial charge in [-0.05, 0) is 18.6 Å². The zero-order chi connectivity index (χ0) is 9.97. The molecule has 1 saturated heterocycles. The molecule has 2 heterocycles. The lowest BCUT2D eigenvalue weighted by atomic mass is 10.1. The number of hydrogen-bond acceptors (Lipinski definition) is 3. The zero-order valence-electron chi connectivity index (χ0n) is 7.64. The van der Waals surface area contributed by atoms with Gasteiger partial charge in [-0.1, -0.05) is 0 Å². The van der Waals surface area contributed by atoms with Crippen molar-refractivity contribution in [2.45, 2.75) is 19.3 Å². The Kier molecular flexibility index (Phi) is 2.26. The number of carbonyl (C=O) groups is 2. The molecule has 1 fully saturated rings. The molecule has 0 N–H and O–H groups in total. The van der Waals surface area contributed by atoms with Gasteiger partial charge < -0.3 is 0 Å². The number of piperidine rings is 1. The summed E-state index contributed by atoms with van der Waals surface area (Å²) in [7, 11) is 0. The summed E-state index contributed by atoms with van der Waals surface area (Å²) in [6, 6.07) is 3.34. The maximum Gasteiger partial charge on any atom is 0.233 e. The van der Waals surface area contributed by atoms with Crippen LogP contribution in [0.5, 0.6) is 0 Å². The summed E-state index contributed by atoms with van der Waals surface area (Å²) >= 11 is 0. The van der Waals surface area contributed by atoms with E-state index in [1.54, 1.807) is 24.5 Å². The molecule has 1 aromatic heterocycles. The molecule has 1 aliphatic heterocycles. The standard InChI is InChI=1S/C10H10N2O2/c13-9-2-1-3-10(14)12(9)8-4-6-11-7-5-8/h4-7H,1-3H2. The first kappa shape index (κ1) is 8.87. The third-order valence-corrected chi connectivity index (χ3v) is 2.20. The first-order valence-electron chi connectivity index (χ1n) is 4.55. The molecule has 0 unspecified atom stereocenters. The van der Waals surface area contributed by atoms with Gasteiger partial charge >= 0.3 is 0 Å². The number of aromatic nitrogens is 1. The predicted molar refractivity (Wildman–Crippen MR) is 50.6 cm³/mol. The molecule has 1 aromatic rings. The van der Waals surface area contributed by atoms with Gasteiger partial charge in [0.2, 0.25) is 11.8 Å². The van der Waals surface area contributed by atoms with Crippen LogP contribution < -0.4 is 4.90 Å². The van der Waals surface area contributed by atoms with Gasteiger partial charge in [0.05, 0.1) is 5.69 Å². The van der Waals surface area contributed by atoms with Crippen LogP contribution in [0.4, 0.5) is 5.69 Å². The third kappa shape index (κ3) is 1.51. The second kappa shape index (κ2) is 3.57. The summed E-state index contributed by atoms with van der Waals surface area (Å²) in [4.78, 5) is 28.1. The summed E-state index contributed by atoms with van der Waals surface area (Å²) < 4.78 is 0. The number of carbonyl (C=O) groups excluding carboxylic acids is 2. The fourth-order valence-corrected chi connectivity index (χ4v) is 1.53. The Hall–Kier alpha value is -1.71. The van der Waals surface area contributed by atoms with Crippen LogP contribution in [-0.4, -0.2) is 16.8 Å². The molecule has 2 amide bonds. The van der Waals surface area contributed by atoms with Gasteiger partial charge in [-0.2, -0.15) is 0 Å². The Balaban J connectivity index is 2.32. The summed E-state index contributed by atoms with van der Waals surface area (Å²) in [5.41, 5.74) is 0.620. The van der Waals surface area contributed by atoms with Crippen LogP contribution in [-0.2, 0) is 9.59 Å². The van der Waals surface area contributed by atoms with E-state index in [1.165, 1.54) is 4.90 Å². The highest BCUT2D eigenvalue weighted by atomic mass is 16.2. The van der Waals surface area contributed by atoms with Crippen LogP contribution in [0.25, 0.3) is 0 Å². The number of nitrogens with zero attached hydrogens (tertiary/aromatic N) is 2. The fraction of sp³-hybridized carbons (Fsp3) is 0.300. The summed E-state index contributed by atoms with van der Waals surface area (Å²) in [5.74, 6) is -0.236. The smallest absolute Gasteiger partial charge is 0.233 e. The monoisotopic (exact) mass is 190 g/mol. The Morgan fingerprint density at radius 1 is 1.07 bits per heavy atom. The Morgan fingerprint density at radius 3 is 2.21 bits per heavy atom. The SMILES string of the molecule is O=C1CCCC(=O)N1c1ccncc1. The highest BCUT2D eigenvalue weighted by Crippen LogP contribution is 2.20. The van der Waals surface area contributed by atoms with Gasteiger partial charge in [0.1, 0.15) is 0 Å². The molecule has 4 heteroatoms. The average Bonchev–Trinajstić information content (AvgIpc) is 2.19. The molecule has 1 aliphatic rings. The highest BCUT2D eigenvalue weighted by Gasteiger charge is 2.26. The van der Waals surface area contributed by atoms with E-state index in [2.05, 4.69) is 4.98 Å². The van der Waals surface area contributed by atoms with Crippen molar-refractivity contribution in [1.29, 1.82) is 0 Å². The van der Waals surface area contributed by atoms with Crippen LogP contribution in [0.3, 0.4) is 0 Å². The molecule has 2 rings (SSSR count). The van der Waals surface area contributed by atoms with Crippen LogP contribution in [0.1, 0.15) is 19.3 Å². The van der Waals surface area contributed by atoms with Crippen molar-refractivity contribution >= 4 is 17.5 Å². The van der Waals surface area contributed by atoms with Crippen molar-refractivity contribution in [2.24, 2.45) is 0 Å². The third-order valence-electron chi connectivity index (χ3n) is 2.20. The summed E-state index contributed by atoms with van der Waals surface area (Å²) in [5, 5.41) is 0. The van der Waals surface area contributed by atoms with E-state index in [9.17, 15) is 9.59 Å². The van der Waals surface area contributed by atoms with E-state index in [1.807, 2.05) is 0 Å². The minimum absolute atomic E-state index is 0.118. The molecule has 0 spiro atoms. The Labute approximate surface area is 81.6 Å². The van der Waals surface area contributed by atoms with E-state index in [-0.39, 0.29) is 11.8 Å². The zero-order valence-corrected chi connectivity index (χ0v) is 7.64. The normalized spacial score (nSPS) is 17.3. The molecule has 0 saturated carbocycles. The van der Waals surface area contributed by atoms with E-state index in [0.29, 0.717) is 24.9 Å². The van der Waals surface area contributed by atoms with Gasteiger partial charge in [-0.3, -0.25) is 19.5 Å². The molecular formula is C10H10N2O2. The van der Waals surface area contributed by atoms with Crippen molar-refractivity contribution in [1.82, 2.24) is 4.98 Å². The van der Waals surface area contributed by atoms with E-state index >= 15 is 0 Å². The van der Waals surface area contributed by atoms with Crippen LogP contribution in [0.15, 0.2) is 24.5 Å². The lowest BCUT2D eigenvalue weighted by Crippen LogP contribution is -2.40. The highest BCUT2D eigenvalue weighted by molar-refractivity contribution is 6.16. The van der Waals surface area contributed by atoms with Crippen molar-refractivity contribution < 1.29 is 9.59 Å². The first-order valence-corrected chi connectivity index (χ1v) is 4.55. The molecule has 0 aromatic carbocycles. The lowest BCUT2D eigenvalue weighted by Gasteiger charge is -2.24. The summed E-state index contributed by atoms with van der Waals surface area (Å²) in [6.07, 6.45) is 4.72. The van der Waals surface area contributed by atoms with Crippen LogP contribution >= 0.6 is 0 Å². The van der Waals surface area contributed by atoms with Gasteiger partial charge in [0, 0.05) is 25.2 Å². The number of anilines is 1. The lowest BCUT2D eigenvalue weighted by molar-refractivity contribution is -0.129. The minimum atomic E-state index is -0.118. The number of amides is 2. The van der Waals surface area contributed by atoms with E-state index in [0.717, 1.165) is 0 Å². The fourth-order valence-electron chi connectivity index (χ4n) is 1.53. The van der Waals surface area contributed by atoms with Gasteiger partial charge in [0.15, 0.2) is 0 Å². The van der Waals surface area contributed by atoms with Crippen molar-refractivity contribution in [3.63, 3.8) is 0 Å². The number of hydrogen-bond donors (Lipinski definition) is 0. The molecule has 0 radical (unpaired) electrons. The van der Waals surface area contributed by atoms with Crippen LogP contribution in [0, 0.1) is 0 Å². The molecule has 0 bridgehead atoms. The van der Waals surface area contributed by atoms with Gasteiger partial charge in [0.25, 0.3) is 0 Å². The minimum Gasteiger partial charge on any atom is -0.274 e. The average molecular weight is 190 g/mol. The van der Waals surface area contributed by atoms with Crippen molar-refractivity contribution in [2.75, 3.05) is 4.90 Å². The number of rotatable bonds is 1. The topological polar surface area (TPSA) is 50.3 Å². The molecule has 72 valence electrons. The second-order valence-corrected chi connectivity index (χ2v) is 3.18. The number of imide groups is 1. The maximum atomic E-state index is 11.5. The second-order valence-electron chi connectivity index (χ2n) is 3.18. The largest absolute Gasteiger partial charge is 0.274 e. The van der Waals surface area contributed by atoms with Crippen molar-refractivity contribution in [3.8, 4) is 0 Å². The molecule has 0 aliphatic carbocycles. The van der Waals surface area contributed by atoms with Crippen molar-refractivity contribution in [3.05, 3.63) is 24.5 Å². The first-order chi connectivity index (χ1) is 6.79. The Bertz CT molecular complexity index is 346. The van der Waals surface area contributed by atoms with Gasteiger partial charge in [-0.25, -0.2) is 0 Å². The van der Waals surface area contributed by atoms with E-state index in [4.69, 9.17) is 0 Å². The molecule has 14 heavy (non-hydrogen) atoms. The Morgan fingerprint density at radius 2 is 1.64 bits per heavy atom. The molecule has 0 atom stereocenters.